The maximum Gasteiger partial charge on any atom is 0.337 e. The largest absolute Gasteiger partial charge is 0.465 e. The summed E-state index contributed by atoms with van der Waals surface area (Å²) in [5, 5.41) is 4.20. The molecule has 1 aromatic carbocycles. The van der Waals surface area contributed by atoms with Crippen molar-refractivity contribution >= 4 is 21.5 Å². The van der Waals surface area contributed by atoms with E-state index in [0.717, 1.165) is 5.41 Å². The second kappa shape index (κ2) is 4.45. The Morgan fingerprint density at radius 1 is 1.30 bits per heavy atom. The van der Waals surface area contributed by atoms with E-state index in [2.05, 4.69) is 9.89 Å². The topological polar surface area (TPSA) is 82.0 Å². The number of methoxy groups -OCH3 is 1. The molecule has 0 saturated heterocycles. The minimum atomic E-state index is -3.38. The van der Waals surface area contributed by atoms with Crippen LogP contribution in [0.15, 0.2) is 40.9 Å². The summed E-state index contributed by atoms with van der Waals surface area (Å²) in [6.45, 7) is 0. The molecule has 2 aliphatic heterocycles. The zero-order valence-electron chi connectivity index (χ0n) is 10.5. The minimum absolute atomic E-state index is 0.358. The molecule has 0 aromatic heterocycles. The molecule has 0 fully saturated rings. The lowest BCUT2D eigenvalue weighted by molar-refractivity contribution is 0.0600. The van der Waals surface area contributed by atoms with E-state index in [1.165, 1.54) is 13.2 Å². The SMILES string of the molecule is COC(=O)c1ccc(C2=NOC3C=CS(=O)(=O)C23)cc1. The summed E-state index contributed by atoms with van der Waals surface area (Å²) in [4.78, 5) is 16.5. The predicted molar refractivity (Wildman–Crippen MR) is 71.0 cm³/mol. The van der Waals surface area contributed by atoms with Gasteiger partial charge in [-0.2, -0.15) is 0 Å². The molecule has 0 saturated carbocycles. The number of hydrogen-bond donors (Lipinski definition) is 0. The summed E-state index contributed by atoms with van der Waals surface area (Å²) in [6, 6.07) is 6.38. The van der Waals surface area contributed by atoms with E-state index in [9.17, 15) is 13.2 Å². The number of fused-ring (bicyclic) bond motifs is 1. The summed E-state index contributed by atoms with van der Waals surface area (Å²) >= 11 is 0. The zero-order valence-corrected chi connectivity index (χ0v) is 11.3. The Hall–Kier alpha value is -2.15. The van der Waals surface area contributed by atoms with Crippen LogP contribution in [0.3, 0.4) is 0 Å². The number of carbonyl (C=O) groups excluding carboxylic acids is 1. The van der Waals surface area contributed by atoms with Crippen LogP contribution in [-0.2, 0) is 19.4 Å². The van der Waals surface area contributed by atoms with Gasteiger partial charge in [0.25, 0.3) is 0 Å². The smallest absolute Gasteiger partial charge is 0.337 e. The monoisotopic (exact) mass is 293 g/mol. The highest BCUT2D eigenvalue weighted by atomic mass is 32.2. The van der Waals surface area contributed by atoms with Crippen LogP contribution in [-0.4, -0.2) is 38.6 Å². The first-order chi connectivity index (χ1) is 9.53. The second-order valence-electron chi connectivity index (χ2n) is 4.45. The van der Waals surface area contributed by atoms with Gasteiger partial charge >= 0.3 is 5.97 Å². The molecule has 0 amide bonds. The summed E-state index contributed by atoms with van der Waals surface area (Å²) in [5.41, 5.74) is 1.36. The van der Waals surface area contributed by atoms with Crippen LogP contribution in [0.1, 0.15) is 15.9 Å². The quantitative estimate of drug-likeness (QED) is 0.756. The van der Waals surface area contributed by atoms with E-state index in [1.54, 1.807) is 24.3 Å². The summed E-state index contributed by atoms with van der Waals surface area (Å²) in [5.74, 6) is -0.450. The molecule has 0 N–H and O–H groups in total. The Kier molecular flexibility index (Phi) is 2.86. The van der Waals surface area contributed by atoms with Gasteiger partial charge in [0.1, 0.15) is 5.71 Å². The standard InChI is InChI=1S/C13H11NO5S/c1-18-13(15)9-4-2-8(3-5-9)11-12-10(19-14-11)6-7-20(12,16)17/h2-7,10,12H,1H3. The van der Waals surface area contributed by atoms with Crippen molar-refractivity contribution in [3.8, 4) is 0 Å². The number of nitrogens with zero attached hydrogens (tertiary/aromatic N) is 1. The maximum atomic E-state index is 11.9. The first kappa shape index (κ1) is 12.9. The molecular formula is C13H11NO5S. The summed E-state index contributed by atoms with van der Waals surface area (Å²) in [7, 11) is -2.08. The number of oxime groups is 1. The van der Waals surface area contributed by atoms with E-state index in [0.29, 0.717) is 16.8 Å². The molecule has 104 valence electrons. The molecule has 0 radical (unpaired) electrons. The number of esters is 1. The van der Waals surface area contributed by atoms with Gasteiger partial charge in [-0.15, -0.1) is 0 Å². The van der Waals surface area contributed by atoms with E-state index in [-0.39, 0.29) is 0 Å². The molecule has 2 aliphatic rings. The molecule has 2 atom stereocenters. The molecule has 7 heteroatoms. The van der Waals surface area contributed by atoms with Crippen molar-refractivity contribution in [2.24, 2.45) is 5.16 Å². The Balaban J connectivity index is 1.93. The van der Waals surface area contributed by atoms with Gasteiger partial charge in [-0.3, -0.25) is 0 Å². The molecule has 0 aliphatic carbocycles. The Labute approximate surface area is 115 Å². The third-order valence-electron chi connectivity index (χ3n) is 3.25. The maximum absolute atomic E-state index is 11.9. The van der Waals surface area contributed by atoms with Crippen molar-refractivity contribution < 1.29 is 22.8 Å². The fraction of sp³-hybridized carbons (Fsp3) is 0.231. The normalized spacial score (nSPS) is 25.8. The number of ether oxygens (including phenoxy) is 1. The Morgan fingerprint density at radius 2 is 2.00 bits per heavy atom. The van der Waals surface area contributed by atoms with Gasteiger partial charge in [0.15, 0.2) is 21.2 Å². The van der Waals surface area contributed by atoms with Gasteiger partial charge in [-0.05, 0) is 18.2 Å². The third-order valence-corrected chi connectivity index (χ3v) is 4.99. The molecule has 0 spiro atoms. The molecular weight excluding hydrogens is 282 g/mol. The molecule has 0 bridgehead atoms. The van der Waals surface area contributed by atoms with Crippen molar-refractivity contribution in [1.82, 2.24) is 0 Å². The van der Waals surface area contributed by atoms with Crippen LogP contribution in [0.25, 0.3) is 0 Å². The van der Waals surface area contributed by atoms with Crippen molar-refractivity contribution in [2.45, 2.75) is 11.4 Å². The number of carbonyl (C=O) groups is 1. The van der Waals surface area contributed by atoms with Gasteiger partial charge < -0.3 is 9.57 Å². The summed E-state index contributed by atoms with van der Waals surface area (Å²) in [6.07, 6.45) is 0.926. The highest BCUT2D eigenvalue weighted by Crippen LogP contribution is 2.30. The van der Waals surface area contributed by atoms with E-state index < -0.39 is 27.2 Å². The van der Waals surface area contributed by atoms with Gasteiger partial charge in [-0.25, -0.2) is 13.2 Å². The number of hydrogen-bond acceptors (Lipinski definition) is 6. The fourth-order valence-corrected chi connectivity index (χ4v) is 3.79. The average molecular weight is 293 g/mol. The average Bonchev–Trinajstić information content (AvgIpc) is 3.00. The van der Waals surface area contributed by atoms with E-state index >= 15 is 0 Å². The van der Waals surface area contributed by atoms with Crippen molar-refractivity contribution in [3.05, 3.63) is 46.9 Å². The third kappa shape index (κ3) is 1.90. The molecule has 1 aromatic rings. The van der Waals surface area contributed by atoms with Gasteiger partial charge in [0, 0.05) is 11.0 Å². The van der Waals surface area contributed by atoms with Crippen molar-refractivity contribution in [3.63, 3.8) is 0 Å². The van der Waals surface area contributed by atoms with Crippen LogP contribution >= 0.6 is 0 Å². The number of benzene rings is 1. The second-order valence-corrected chi connectivity index (χ2v) is 6.41. The summed E-state index contributed by atoms with van der Waals surface area (Å²) < 4.78 is 28.5. The molecule has 6 nitrogen and oxygen atoms in total. The predicted octanol–water partition coefficient (Wildman–Crippen LogP) is 0.887. The molecule has 20 heavy (non-hydrogen) atoms. The van der Waals surface area contributed by atoms with E-state index in [4.69, 9.17) is 4.84 Å². The molecule has 2 heterocycles. The van der Waals surface area contributed by atoms with Crippen LogP contribution < -0.4 is 0 Å². The van der Waals surface area contributed by atoms with Crippen LogP contribution in [0.5, 0.6) is 0 Å². The minimum Gasteiger partial charge on any atom is -0.465 e. The van der Waals surface area contributed by atoms with Crippen LogP contribution in [0.2, 0.25) is 0 Å². The fourth-order valence-electron chi connectivity index (χ4n) is 2.24. The highest BCUT2D eigenvalue weighted by molar-refractivity contribution is 7.96. The van der Waals surface area contributed by atoms with Gasteiger partial charge in [0.2, 0.25) is 0 Å². The van der Waals surface area contributed by atoms with Crippen molar-refractivity contribution in [2.75, 3.05) is 7.11 Å². The van der Waals surface area contributed by atoms with Gasteiger partial charge in [0.05, 0.1) is 12.7 Å². The number of rotatable bonds is 2. The number of sulfone groups is 1. The lowest BCUT2D eigenvalue weighted by Gasteiger charge is -2.09. The van der Waals surface area contributed by atoms with Crippen molar-refractivity contribution in [1.29, 1.82) is 0 Å². The lowest BCUT2D eigenvalue weighted by Crippen LogP contribution is -2.31. The Morgan fingerprint density at radius 3 is 2.65 bits per heavy atom. The van der Waals surface area contributed by atoms with Gasteiger partial charge in [-0.1, -0.05) is 17.3 Å². The molecule has 2 unspecified atom stereocenters. The first-order valence-electron chi connectivity index (χ1n) is 5.87. The first-order valence-corrected chi connectivity index (χ1v) is 7.48. The van der Waals surface area contributed by atoms with Crippen LogP contribution in [0.4, 0.5) is 0 Å². The Bertz CT molecular complexity index is 718. The highest BCUT2D eigenvalue weighted by Gasteiger charge is 2.46. The lowest BCUT2D eigenvalue weighted by atomic mass is 10.0. The molecule has 3 rings (SSSR count). The van der Waals surface area contributed by atoms with E-state index in [1.807, 2.05) is 0 Å². The zero-order chi connectivity index (χ0) is 14.3. The van der Waals surface area contributed by atoms with Crippen LogP contribution in [0, 0.1) is 0 Å².